The highest BCUT2D eigenvalue weighted by molar-refractivity contribution is 7.98. The Balaban J connectivity index is 1.50. The largest absolute Gasteiger partial charge is 0.457 e. The molecule has 4 rings (SSSR count). The fourth-order valence-electron chi connectivity index (χ4n) is 2.63. The van der Waals surface area contributed by atoms with Crippen LogP contribution in [0.4, 0.5) is 11.5 Å². The topological polar surface area (TPSA) is 47.0 Å². The summed E-state index contributed by atoms with van der Waals surface area (Å²) in [5.74, 6) is 2.40. The zero-order valence-corrected chi connectivity index (χ0v) is 15.0. The summed E-state index contributed by atoms with van der Waals surface area (Å²) in [5.41, 5.74) is 1.86. The van der Waals surface area contributed by atoms with Gasteiger partial charge in [0.25, 0.3) is 0 Å². The first kappa shape index (κ1) is 16.4. The minimum Gasteiger partial charge on any atom is -0.457 e. The van der Waals surface area contributed by atoms with Gasteiger partial charge in [-0.05, 0) is 66.9 Å². The first-order valence-corrected chi connectivity index (χ1v) is 9.43. The van der Waals surface area contributed by atoms with E-state index < -0.39 is 0 Å². The van der Waals surface area contributed by atoms with Crippen LogP contribution in [0.25, 0.3) is 10.9 Å². The summed E-state index contributed by atoms with van der Waals surface area (Å²) in [7, 11) is 0. The van der Waals surface area contributed by atoms with Crippen LogP contribution in [0.1, 0.15) is 0 Å². The second-order valence-corrected chi connectivity index (χ2v) is 6.55. The van der Waals surface area contributed by atoms with Crippen molar-refractivity contribution >= 4 is 34.2 Å². The molecule has 0 aliphatic rings. The van der Waals surface area contributed by atoms with Crippen LogP contribution >= 0.6 is 11.8 Å². The Morgan fingerprint density at radius 2 is 1.50 bits per heavy atom. The van der Waals surface area contributed by atoms with E-state index in [1.165, 1.54) is 4.90 Å². The van der Waals surface area contributed by atoms with Crippen LogP contribution in [-0.4, -0.2) is 16.2 Å². The average Bonchev–Trinajstić information content (AvgIpc) is 2.70. The van der Waals surface area contributed by atoms with Gasteiger partial charge in [0, 0.05) is 16.0 Å². The van der Waals surface area contributed by atoms with E-state index in [9.17, 15) is 0 Å². The monoisotopic (exact) mass is 359 g/mol. The molecule has 0 saturated carbocycles. The highest BCUT2D eigenvalue weighted by Crippen LogP contribution is 2.27. The SMILES string of the molecule is CSc1ccc(Oc2ccc(Nc3ncnc4ccccc34)cc2)cc1. The third-order valence-corrected chi connectivity index (χ3v) is 4.70. The van der Waals surface area contributed by atoms with Crippen molar-refractivity contribution in [3.05, 3.63) is 79.1 Å². The Bertz CT molecular complexity index is 1010. The average molecular weight is 359 g/mol. The lowest BCUT2D eigenvalue weighted by Crippen LogP contribution is -1.95. The number of hydrogen-bond donors (Lipinski definition) is 1. The molecule has 5 heteroatoms. The molecule has 0 amide bonds. The molecule has 128 valence electrons. The predicted octanol–water partition coefficient (Wildman–Crippen LogP) is 5.89. The van der Waals surface area contributed by atoms with Gasteiger partial charge in [-0.3, -0.25) is 0 Å². The molecule has 4 aromatic rings. The molecule has 0 spiro atoms. The fourth-order valence-corrected chi connectivity index (χ4v) is 3.04. The van der Waals surface area contributed by atoms with Crippen molar-refractivity contribution in [3.8, 4) is 11.5 Å². The van der Waals surface area contributed by atoms with Gasteiger partial charge in [-0.25, -0.2) is 9.97 Å². The molecule has 3 aromatic carbocycles. The fraction of sp³-hybridized carbons (Fsp3) is 0.0476. The summed E-state index contributed by atoms with van der Waals surface area (Å²) < 4.78 is 5.89. The minimum atomic E-state index is 0.789. The highest BCUT2D eigenvalue weighted by Gasteiger charge is 2.04. The first-order valence-electron chi connectivity index (χ1n) is 8.20. The van der Waals surface area contributed by atoms with Gasteiger partial charge in [0.05, 0.1) is 5.52 Å². The van der Waals surface area contributed by atoms with Crippen LogP contribution in [0.15, 0.2) is 84.0 Å². The maximum Gasteiger partial charge on any atom is 0.141 e. The number of anilines is 2. The second-order valence-electron chi connectivity index (χ2n) is 5.67. The number of hydrogen-bond acceptors (Lipinski definition) is 5. The molecular weight excluding hydrogens is 342 g/mol. The number of thioether (sulfide) groups is 1. The molecule has 0 saturated heterocycles. The van der Waals surface area contributed by atoms with Gasteiger partial charge < -0.3 is 10.1 Å². The van der Waals surface area contributed by atoms with Gasteiger partial charge in [-0.1, -0.05) is 12.1 Å². The molecular formula is C21H17N3OS. The number of benzene rings is 3. The lowest BCUT2D eigenvalue weighted by Gasteiger charge is -2.10. The number of ether oxygens (including phenoxy) is 1. The van der Waals surface area contributed by atoms with Crippen LogP contribution in [0, 0.1) is 0 Å². The van der Waals surface area contributed by atoms with E-state index in [2.05, 4.69) is 33.7 Å². The zero-order valence-electron chi connectivity index (χ0n) is 14.2. The molecule has 26 heavy (non-hydrogen) atoms. The molecule has 0 aliphatic carbocycles. The van der Waals surface area contributed by atoms with Crippen molar-refractivity contribution in [2.75, 3.05) is 11.6 Å². The van der Waals surface area contributed by atoms with Crippen LogP contribution in [-0.2, 0) is 0 Å². The number of para-hydroxylation sites is 1. The van der Waals surface area contributed by atoms with Gasteiger partial charge >= 0.3 is 0 Å². The summed E-state index contributed by atoms with van der Waals surface area (Å²) >= 11 is 1.71. The van der Waals surface area contributed by atoms with Gasteiger partial charge in [-0.2, -0.15) is 0 Å². The summed E-state index contributed by atoms with van der Waals surface area (Å²) in [6, 6.07) is 23.8. The summed E-state index contributed by atoms with van der Waals surface area (Å²) in [6.07, 6.45) is 3.63. The van der Waals surface area contributed by atoms with E-state index in [-0.39, 0.29) is 0 Å². The van der Waals surface area contributed by atoms with E-state index in [4.69, 9.17) is 4.74 Å². The highest BCUT2D eigenvalue weighted by atomic mass is 32.2. The smallest absolute Gasteiger partial charge is 0.141 e. The molecule has 1 N–H and O–H groups in total. The van der Waals surface area contributed by atoms with Gasteiger partial charge in [0.2, 0.25) is 0 Å². The number of aromatic nitrogens is 2. The quantitative estimate of drug-likeness (QED) is 0.450. The Labute approximate surface area is 156 Å². The Kier molecular flexibility index (Phi) is 4.71. The standard InChI is InChI=1S/C21H17N3OS/c1-26-18-12-10-17(11-13-18)25-16-8-6-15(7-9-16)24-21-19-4-2-3-5-20(19)22-14-23-21/h2-14H,1H3,(H,22,23,24). The molecule has 0 atom stereocenters. The van der Waals surface area contributed by atoms with Crippen molar-refractivity contribution in [1.82, 2.24) is 9.97 Å². The van der Waals surface area contributed by atoms with E-state index >= 15 is 0 Å². The van der Waals surface area contributed by atoms with Crippen molar-refractivity contribution in [1.29, 1.82) is 0 Å². The third-order valence-electron chi connectivity index (χ3n) is 3.96. The molecule has 0 radical (unpaired) electrons. The van der Waals surface area contributed by atoms with Crippen molar-refractivity contribution in [3.63, 3.8) is 0 Å². The summed E-state index contributed by atoms with van der Waals surface area (Å²) in [6.45, 7) is 0. The molecule has 4 nitrogen and oxygen atoms in total. The second kappa shape index (κ2) is 7.45. The minimum absolute atomic E-state index is 0.789. The summed E-state index contributed by atoms with van der Waals surface area (Å²) in [5, 5.41) is 4.33. The Hall–Kier alpha value is -3.05. The van der Waals surface area contributed by atoms with E-state index in [1.54, 1.807) is 18.1 Å². The third kappa shape index (κ3) is 3.63. The molecule has 0 aliphatic heterocycles. The van der Waals surface area contributed by atoms with E-state index in [0.29, 0.717) is 0 Å². The molecule has 1 heterocycles. The van der Waals surface area contributed by atoms with Crippen molar-refractivity contribution in [2.45, 2.75) is 4.90 Å². The molecule has 1 aromatic heterocycles. The van der Waals surface area contributed by atoms with E-state index in [0.717, 1.165) is 33.9 Å². The van der Waals surface area contributed by atoms with Crippen molar-refractivity contribution < 1.29 is 4.74 Å². The van der Waals surface area contributed by atoms with Crippen LogP contribution in [0.2, 0.25) is 0 Å². The van der Waals surface area contributed by atoms with E-state index in [1.807, 2.05) is 60.7 Å². The van der Waals surface area contributed by atoms with Crippen LogP contribution in [0.5, 0.6) is 11.5 Å². The van der Waals surface area contributed by atoms with Crippen molar-refractivity contribution in [2.24, 2.45) is 0 Å². The number of nitrogens with zero attached hydrogens (tertiary/aromatic N) is 2. The van der Waals surface area contributed by atoms with Crippen LogP contribution in [0.3, 0.4) is 0 Å². The number of fused-ring (bicyclic) bond motifs is 1. The van der Waals surface area contributed by atoms with Crippen LogP contribution < -0.4 is 10.1 Å². The molecule has 0 unspecified atom stereocenters. The molecule has 0 bridgehead atoms. The number of rotatable bonds is 5. The number of nitrogens with one attached hydrogen (secondary N) is 1. The lowest BCUT2D eigenvalue weighted by atomic mass is 10.2. The Morgan fingerprint density at radius 3 is 2.23 bits per heavy atom. The maximum atomic E-state index is 5.89. The zero-order chi connectivity index (χ0) is 17.8. The van der Waals surface area contributed by atoms with Gasteiger partial charge in [0.1, 0.15) is 23.6 Å². The summed E-state index contributed by atoms with van der Waals surface area (Å²) in [4.78, 5) is 9.85. The van der Waals surface area contributed by atoms with Gasteiger partial charge in [0.15, 0.2) is 0 Å². The Morgan fingerprint density at radius 1 is 0.808 bits per heavy atom. The van der Waals surface area contributed by atoms with Gasteiger partial charge in [-0.15, -0.1) is 11.8 Å². The lowest BCUT2D eigenvalue weighted by molar-refractivity contribution is 0.482. The normalized spacial score (nSPS) is 10.7. The predicted molar refractivity (Wildman–Crippen MR) is 108 cm³/mol. The first-order chi connectivity index (χ1) is 12.8. The maximum absolute atomic E-state index is 5.89. The molecule has 0 fully saturated rings.